The number of para-hydroxylation sites is 1. The van der Waals surface area contributed by atoms with Crippen molar-refractivity contribution in [1.29, 1.82) is 5.26 Å². The van der Waals surface area contributed by atoms with E-state index in [1.54, 1.807) is 31.0 Å². The molecule has 1 aliphatic rings. The number of thiocarbonyl (C=S) groups is 1. The van der Waals surface area contributed by atoms with Crippen LogP contribution in [-0.4, -0.2) is 34.9 Å². The molecule has 4 rings (SSSR count). The monoisotopic (exact) mass is 519 g/mol. The SMILES string of the molecule is Cc1cc(N(C)C(=O)C2(N(C=S)c3ccc(C(=O)Nc4ccccc4F)c(F)c3)CCC2)cnc1C#N. The molecule has 0 bridgehead atoms. The van der Waals surface area contributed by atoms with Crippen LogP contribution in [0.25, 0.3) is 0 Å². The number of nitriles is 1. The van der Waals surface area contributed by atoms with E-state index in [9.17, 15) is 14.0 Å². The number of amides is 2. The fourth-order valence-electron chi connectivity index (χ4n) is 4.36. The third kappa shape index (κ3) is 4.78. The number of halogens is 2. The van der Waals surface area contributed by atoms with E-state index in [0.717, 1.165) is 12.5 Å². The highest BCUT2D eigenvalue weighted by Gasteiger charge is 2.50. The fourth-order valence-corrected chi connectivity index (χ4v) is 4.68. The Kier molecular flexibility index (Phi) is 7.27. The molecule has 3 aromatic rings. The average molecular weight is 520 g/mol. The first-order valence-electron chi connectivity index (χ1n) is 11.5. The van der Waals surface area contributed by atoms with Gasteiger partial charge < -0.3 is 15.1 Å². The molecule has 188 valence electrons. The molecular weight excluding hydrogens is 496 g/mol. The number of anilines is 3. The van der Waals surface area contributed by atoms with Crippen molar-refractivity contribution < 1.29 is 18.4 Å². The summed E-state index contributed by atoms with van der Waals surface area (Å²) in [6.45, 7) is 1.74. The molecule has 0 atom stereocenters. The minimum atomic E-state index is -1.04. The van der Waals surface area contributed by atoms with Gasteiger partial charge in [-0.25, -0.2) is 13.8 Å². The van der Waals surface area contributed by atoms with E-state index in [-0.39, 0.29) is 22.9 Å². The number of aryl methyl sites for hydroxylation is 1. The molecule has 0 spiro atoms. The molecule has 0 radical (unpaired) electrons. The molecule has 1 saturated carbocycles. The van der Waals surface area contributed by atoms with Gasteiger partial charge in [0.15, 0.2) is 0 Å². The van der Waals surface area contributed by atoms with Gasteiger partial charge >= 0.3 is 0 Å². The van der Waals surface area contributed by atoms with Crippen LogP contribution < -0.4 is 15.1 Å². The zero-order valence-corrected chi connectivity index (χ0v) is 21.0. The number of benzene rings is 2. The van der Waals surface area contributed by atoms with Crippen molar-refractivity contribution in [3.05, 3.63) is 83.2 Å². The van der Waals surface area contributed by atoms with Crippen molar-refractivity contribution in [3.63, 3.8) is 0 Å². The summed E-state index contributed by atoms with van der Waals surface area (Å²) < 4.78 is 29.0. The van der Waals surface area contributed by atoms with Gasteiger partial charge in [-0.15, -0.1) is 0 Å². The van der Waals surface area contributed by atoms with Gasteiger partial charge in [0.2, 0.25) is 0 Å². The lowest BCUT2D eigenvalue weighted by Gasteiger charge is -2.49. The summed E-state index contributed by atoms with van der Waals surface area (Å²) in [5.74, 6) is -2.54. The number of hydrogen-bond donors (Lipinski definition) is 1. The lowest BCUT2D eigenvalue weighted by molar-refractivity contribution is -0.125. The fraction of sp³-hybridized carbons (Fsp3) is 0.222. The Hall–Kier alpha value is -4.23. The smallest absolute Gasteiger partial charge is 0.258 e. The van der Waals surface area contributed by atoms with E-state index >= 15 is 4.39 Å². The van der Waals surface area contributed by atoms with Gasteiger partial charge in [0.1, 0.15) is 28.9 Å². The molecule has 10 heteroatoms. The van der Waals surface area contributed by atoms with E-state index in [1.807, 2.05) is 6.07 Å². The van der Waals surface area contributed by atoms with Gasteiger partial charge in [0, 0.05) is 12.7 Å². The summed E-state index contributed by atoms with van der Waals surface area (Å²) in [6.07, 6.45) is 3.21. The van der Waals surface area contributed by atoms with Crippen molar-refractivity contribution >= 4 is 46.6 Å². The standard InChI is InChI=1S/C27H23F2N5O2S/c1-17-12-19(15-31-24(17)14-30)33(2)26(36)27(10-5-11-27)34(16-37)18-8-9-20(22(29)13-18)25(35)32-23-7-4-3-6-21(23)28/h3-4,6-9,12-13,15-16H,5,10-11H2,1-2H3,(H,32,35). The summed E-state index contributed by atoms with van der Waals surface area (Å²) in [7, 11) is 1.61. The van der Waals surface area contributed by atoms with Crippen LogP contribution in [0.5, 0.6) is 0 Å². The summed E-state index contributed by atoms with van der Waals surface area (Å²) >= 11 is 5.25. The lowest BCUT2D eigenvalue weighted by Crippen LogP contribution is -2.63. The average Bonchev–Trinajstić information content (AvgIpc) is 2.86. The van der Waals surface area contributed by atoms with Crippen LogP contribution in [-0.2, 0) is 4.79 Å². The molecule has 0 unspecified atom stereocenters. The van der Waals surface area contributed by atoms with E-state index in [0.29, 0.717) is 29.8 Å². The number of nitrogens with zero attached hydrogens (tertiary/aromatic N) is 4. The molecule has 0 aliphatic heterocycles. The maximum atomic E-state index is 15.1. The van der Waals surface area contributed by atoms with Gasteiger partial charge in [0.25, 0.3) is 11.8 Å². The third-order valence-corrected chi connectivity index (χ3v) is 6.82. The summed E-state index contributed by atoms with van der Waals surface area (Å²) in [6, 6.07) is 13.2. The Morgan fingerprint density at radius 3 is 2.43 bits per heavy atom. The Morgan fingerprint density at radius 2 is 1.86 bits per heavy atom. The van der Waals surface area contributed by atoms with Crippen molar-refractivity contribution in [3.8, 4) is 6.07 Å². The highest BCUT2D eigenvalue weighted by molar-refractivity contribution is 7.79. The Balaban J connectivity index is 1.61. The van der Waals surface area contributed by atoms with Crippen molar-refractivity contribution in [1.82, 2.24) is 4.98 Å². The number of rotatable bonds is 7. The molecular formula is C27H23F2N5O2S. The first kappa shape index (κ1) is 25.9. The summed E-state index contributed by atoms with van der Waals surface area (Å²) in [4.78, 5) is 33.4. The topological polar surface area (TPSA) is 89.3 Å². The molecule has 37 heavy (non-hydrogen) atoms. The number of hydrogen-bond acceptors (Lipinski definition) is 5. The minimum Gasteiger partial charge on any atom is -0.323 e. The van der Waals surface area contributed by atoms with E-state index in [2.05, 4.69) is 10.3 Å². The largest absolute Gasteiger partial charge is 0.323 e. The second-order valence-electron chi connectivity index (χ2n) is 8.79. The van der Waals surface area contributed by atoms with Crippen LogP contribution >= 0.6 is 12.2 Å². The van der Waals surface area contributed by atoms with Crippen LogP contribution in [0.1, 0.15) is 40.9 Å². The van der Waals surface area contributed by atoms with Crippen molar-refractivity contribution in [2.75, 3.05) is 22.2 Å². The van der Waals surface area contributed by atoms with Gasteiger partial charge in [-0.2, -0.15) is 5.26 Å². The number of likely N-dealkylation sites (N-methyl/N-ethyl adjacent to an activating group) is 1. The van der Waals surface area contributed by atoms with Gasteiger partial charge in [-0.1, -0.05) is 24.4 Å². The van der Waals surface area contributed by atoms with E-state index in [1.165, 1.54) is 46.9 Å². The highest BCUT2D eigenvalue weighted by atomic mass is 32.1. The maximum Gasteiger partial charge on any atom is 0.258 e. The van der Waals surface area contributed by atoms with Gasteiger partial charge in [-0.3, -0.25) is 9.59 Å². The van der Waals surface area contributed by atoms with E-state index < -0.39 is 23.1 Å². The summed E-state index contributed by atoms with van der Waals surface area (Å²) in [5, 5.41) is 11.5. The predicted molar refractivity (Wildman–Crippen MR) is 141 cm³/mol. The zero-order valence-electron chi connectivity index (χ0n) is 20.2. The minimum absolute atomic E-state index is 0.0638. The second kappa shape index (κ2) is 10.4. The van der Waals surface area contributed by atoms with Gasteiger partial charge in [-0.05, 0) is 68.1 Å². The van der Waals surface area contributed by atoms with Crippen LogP contribution in [0.15, 0.2) is 54.7 Å². The van der Waals surface area contributed by atoms with Crippen LogP contribution in [0, 0.1) is 29.9 Å². The number of pyridine rings is 1. The molecule has 2 amide bonds. The normalized spacial score (nSPS) is 13.6. The Labute approximate surface area is 218 Å². The first-order valence-corrected chi connectivity index (χ1v) is 11.9. The quantitative estimate of drug-likeness (QED) is 0.435. The van der Waals surface area contributed by atoms with Crippen LogP contribution in [0.4, 0.5) is 25.8 Å². The number of carbonyl (C=O) groups is 2. The third-order valence-electron chi connectivity index (χ3n) is 6.60. The molecule has 1 heterocycles. The Bertz CT molecular complexity index is 1430. The highest BCUT2D eigenvalue weighted by Crippen LogP contribution is 2.42. The van der Waals surface area contributed by atoms with Crippen molar-refractivity contribution in [2.45, 2.75) is 31.7 Å². The molecule has 2 aromatic carbocycles. The van der Waals surface area contributed by atoms with Crippen LogP contribution in [0.2, 0.25) is 0 Å². The molecule has 7 nitrogen and oxygen atoms in total. The predicted octanol–water partition coefficient (Wildman–Crippen LogP) is 5.14. The number of carbonyl (C=O) groups excluding carboxylic acids is 2. The zero-order chi connectivity index (χ0) is 26.7. The summed E-state index contributed by atoms with van der Waals surface area (Å²) in [5.41, 5.74) is 1.67. The number of aromatic nitrogens is 1. The van der Waals surface area contributed by atoms with E-state index in [4.69, 9.17) is 17.5 Å². The van der Waals surface area contributed by atoms with Gasteiger partial charge in [0.05, 0.1) is 28.6 Å². The molecule has 1 fully saturated rings. The van der Waals surface area contributed by atoms with Crippen molar-refractivity contribution in [2.24, 2.45) is 0 Å². The molecule has 1 aliphatic carbocycles. The number of nitrogens with one attached hydrogen (secondary N) is 1. The lowest BCUT2D eigenvalue weighted by atomic mass is 9.74. The first-order chi connectivity index (χ1) is 17.7. The molecule has 1 aromatic heterocycles. The molecule has 0 saturated heterocycles. The second-order valence-corrected chi connectivity index (χ2v) is 9.00. The van der Waals surface area contributed by atoms with Crippen LogP contribution in [0.3, 0.4) is 0 Å². The maximum absolute atomic E-state index is 15.1. The molecule has 1 N–H and O–H groups in total. The Morgan fingerprint density at radius 1 is 1.14 bits per heavy atom.